The molecule has 5 nitrogen and oxygen atoms in total. The molecule has 0 aliphatic carbocycles. The van der Waals surface area contributed by atoms with Crippen molar-refractivity contribution in [1.82, 2.24) is 24.1 Å². The molecular weight excluding hydrogens is 294 g/mol. The molecule has 3 aromatic rings. The van der Waals surface area contributed by atoms with Crippen molar-refractivity contribution in [2.45, 2.75) is 25.6 Å². The van der Waals surface area contributed by atoms with Crippen molar-refractivity contribution in [1.29, 1.82) is 0 Å². The van der Waals surface area contributed by atoms with E-state index in [-0.39, 0.29) is 0 Å². The van der Waals surface area contributed by atoms with E-state index in [2.05, 4.69) is 21.0 Å². The lowest BCUT2D eigenvalue weighted by atomic mass is 10.1. The van der Waals surface area contributed by atoms with Gasteiger partial charge in [0.25, 0.3) is 0 Å². The zero-order chi connectivity index (χ0) is 14.9. The van der Waals surface area contributed by atoms with Crippen molar-refractivity contribution >= 4 is 17.9 Å². The Morgan fingerprint density at radius 1 is 1.23 bits per heavy atom. The van der Waals surface area contributed by atoms with E-state index >= 15 is 0 Å². The van der Waals surface area contributed by atoms with E-state index in [1.54, 1.807) is 0 Å². The van der Waals surface area contributed by atoms with Gasteiger partial charge < -0.3 is 0 Å². The Hall–Kier alpha value is -2.05. The van der Waals surface area contributed by atoms with Gasteiger partial charge in [0.2, 0.25) is 4.77 Å². The van der Waals surface area contributed by atoms with Gasteiger partial charge >= 0.3 is 0 Å². The van der Waals surface area contributed by atoms with Gasteiger partial charge in [0.15, 0.2) is 5.65 Å². The summed E-state index contributed by atoms with van der Waals surface area (Å²) in [6.45, 7) is 1.79. The van der Waals surface area contributed by atoms with Gasteiger partial charge in [0.1, 0.15) is 0 Å². The summed E-state index contributed by atoms with van der Waals surface area (Å²) in [6, 6.07) is 10.5. The maximum atomic E-state index is 5.54. The molecule has 112 valence electrons. The minimum absolute atomic E-state index is 0.403. The molecule has 0 radical (unpaired) electrons. The van der Waals surface area contributed by atoms with E-state index in [1.165, 1.54) is 12.0 Å². The van der Waals surface area contributed by atoms with Gasteiger partial charge in [-0.1, -0.05) is 12.1 Å². The maximum Gasteiger partial charge on any atom is 0.203 e. The van der Waals surface area contributed by atoms with Crippen molar-refractivity contribution in [2.24, 2.45) is 0 Å². The quantitative estimate of drug-likeness (QED) is 0.697. The second-order valence-electron chi connectivity index (χ2n) is 5.61. The largest absolute Gasteiger partial charge is 0.277 e. The van der Waals surface area contributed by atoms with Crippen LogP contribution in [0, 0.1) is 4.77 Å². The number of rotatable bonds is 3. The number of hydrogen-bond donors (Lipinski definition) is 0. The highest BCUT2D eigenvalue weighted by Gasteiger charge is 2.26. The normalized spacial score (nSPS) is 19.0. The molecule has 1 unspecified atom stereocenters. The Morgan fingerprint density at radius 2 is 2.18 bits per heavy atom. The molecule has 0 N–H and O–H groups in total. The molecule has 4 rings (SSSR count). The zero-order valence-corrected chi connectivity index (χ0v) is 13.0. The molecule has 0 amide bonds. The number of nitrogens with zero attached hydrogens (tertiary/aromatic N) is 5. The molecule has 1 fully saturated rings. The van der Waals surface area contributed by atoms with Crippen LogP contribution in [0.3, 0.4) is 0 Å². The molecule has 0 saturated carbocycles. The van der Waals surface area contributed by atoms with E-state index in [0.29, 0.717) is 6.04 Å². The van der Waals surface area contributed by atoms with Crippen molar-refractivity contribution in [3.8, 4) is 0 Å². The van der Waals surface area contributed by atoms with Crippen molar-refractivity contribution in [3.63, 3.8) is 0 Å². The zero-order valence-electron chi connectivity index (χ0n) is 12.2. The fourth-order valence-corrected chi connectivity index (χ4v) is 3.43. The van der Waals surface area contributed by atoms with Gasteiger partial charge in [-0.25, -0.2) is 4.68 Å². The number of likely N-dealkylation sites (tertiary alicyclic amines) is 1. The van der Waals surface area contributed by atoms with Gasteiger partial charge in [-0.05, 0) is 48.8 Å². The smallest absolute Gasteiger partial charge is 0.203 e. The molecule has 0 spiro atoms. The van der Waals surface area contributed by atoms with Crippen LogP contribution in [0.2, 0.25) is 0 Å². The predicted octanol–water partition coefficient (Wildman–Crippen LogP) is 3.05. The van der Waals surface area contributed by atoms with Crippen LogP contribution in [0.1, 0.15) is 24.4 Å². The van der Waals surface area contributed by atoms with E-state index in [1.807, 2.05) is 51.9 Å². The minimum atomic E-state index is 0.403. The van der Waals surface area contributed by atoms with Gasteiger partial charge in [0.05, 0.1) is 6.67 Å². The summed E-state index contributed by atoms with van der Waals surface area (Å²) in [6.07, 6.45) is 8.10. The summed E-state index contributed by atoms with van der Waals surface area (Å²) in [5, 5.41) is 4.62. The molecule has 1 aliphatic rings. The minimum Gasteiger partial charge on any atom is -0.277 e. The molecule has 4 heterocycles. The van der Waals surface area contributed by atoms with Gasteiger partial charge in [-0.15, -0.1) is 0 Å². The first kappa shape index (κ1) is 13.6. The average Bonchev–Trinajstić information content (AvgIpc) is 3.15. The Labute approximate surface area is 133 Å². The number of hydrogen-bond acceptors (Lipinski definition) is 4. The summed E-state index contributed by atoms with van der Waals surface area (Å²) in [7, 11) is 0. The molecule has 1 saturated heterocycles. The second-order valence-corrected chi connectivity index (χ2v) is 5.97. The predicted molar refractivity (Wildman–Crippen MR) is 86.9 cm³/mol. The number of aromatic nitrogens is 4. The number of fused-ring (bicyclic) bond motifs is 1. The van der Waals surface area contributed by atoms with Crippen LogP contribution in [0.15, 0.2) is 48.9 Å². The highest BCUT2D eigenvalue weighted by molar-refractivity contribution is 7.71. The van der Waals surface area contributed by atoms with Crippen LogP contribution < -0.4 is 0 Å². The maximum absolute atomic E-state index is 5.54. The third-order valence-electron chi connectivity index (χ3n) is 4.24. The third-order valence-corrected chi connectivity index (χ3v) is 4.64. The lowest BCUT2D eigenvalue weighted by Crippen LogP contribution is -2.27. The summed E-state index contributed by atoms with van der Waals surface area (Å²) in [5.41, 5.74) is 2.17. The van der Waals surface area contributed by atoms with Crippen LogP contribution in [0.4, 0.5) is 0 Å². The molecule has 22 heavy (non-hydrogen) atoms. The van der Waals surface area contributed by atoms with Gasteiger partial charge in [-0.2, -0.15) is 5.10 Å². The van der Waals surface area contributed by atoms with E-state index in [9.17, 15) is 0 Å². The SMILES string of the molecule is S=c1n(CN2CCCC2c2cccnc2)nc2ccccn12. The molecular formula is C16H17N5S. The Kier molecular flexibility index (Phi) is 3.48. The Bertz CT molecular complexity index is 838. The van der Waals surface area contributed by atoms with Crippen molar-refractivity contribution < 1.29 is 0 Å². The summed E-state index contributed by atoms with van der Waals surface area (Å²) in [4.78, 5) is 6.68. The van der Waals surface area contributed by atoms with E-state index in [0.717, 1.165) is 30.1 Å². The molecule has 6 heteroatoms. The van der Waals surface area contributed by atoms with E-state index < -0.39 is 0 Å². The first-order chi connectivity index (χ1) is 10.8. The van der Waals surface area contributed by atoms with Crippen LogP contribution in [0.5, 0.6) is 0 Å². The Balaban J connectivity index is 1.64. The van der Waals surface area contributed by atoms with Crippen LogP contribution >= 0.6 is 12.2 Å². The van der Waals surface area contributed by atoms with Crippen molar-refractivity contribution in [3.05, 3.63) is 59.3 Å². The number of pyridine rings is 2. The lowest BCUT2D eigenvalue weighted by Gasteiger charge is -2.24. The van der Waals surface area contributed by atoms with Crippen molar-refractivity contribution in [2.75, 3.05) is 6.54 Å². The molecule has 0 bridgehead atoms. The molecule has 0 aromatic carbocycles. The van der Waals surface area contributed by atoms with Crippen LogP contribution in [-0.4, -0.2) is 30.6 Å². The fraction of sp³-hybridized carbons (Fsp3) is 0.312. The standard InChI is InChI=1S/C16H17N5S/c22-16-20-10-2-1-7-15(20)18-21(16)12-19-9-4-6-14(19)13-5-3-8-17-11-13/h1-3,5,7-8,10-11,14H,4,6,9,12H2. The monoisotopic (exact) mass is 311 g/mol. The summed E-state index contributed by atoms with van der Waals surface area (Å²) in [5.74, 6) is 0. The fourth-order valence-electron chi connectivity index (χ4n) is 3.18. The Morgan fingerprint density at radius 3 is 3.00 bits per heavy atom. The second kappa shape index (κ2) is 5.62. The van der Waals surface area contributed by atoms with E-state index in [4.69, 9.17) is 12.2 Å². The van der Waals surface area contributed by atoms with Crippen LogP contribution in [-0.2, 0) is 6.67 Å². The van der Waals surface area contributed by atoms with Gasteiger partial charge in [-0.3, -0.25) is 14.3 Å². The summed E-state index contributed by atoms with van der Waals surface area (Å²) < 4.78 is 4.61. The lowest BCUT2D eigenvalue weighted by molar-refractivity contribution is 0.190. The first-order valence-corrected chi connectivity index (χ1v) is 7.92. The average molecular weight is 311 g/mol. The summed E-state index contributed by atoms with van der Waals surface area (Å²) >= 11 is 5.54. The third kappa shape index (κ3) is 2.34. The molecule has 3 aromatic heterocycles. The first-order valence-electron chi connectivity index (χ1n) is 7.51. The molecule has 1 aliphatic heterocycles. The highest BCUT2D eigenvalue weighted by Crippen LogP contribution is 2.31. The van der Waals surface area contributed by atoms with Crippen LogP contribution in [0.25, 0.3) is 5.65 Å². The molecule has 1 atom stereocenters. The topological polar surface area (TPSA) is 38.4 Å². The highest BCUT2D eigenvalue weighted by atomic mass is 32.1. The van der Waals surface area contributed by atoms with Gasteiger partial charge in [0, 0.05) is 31.2 Å².